The number of hydrogen-bond acceptors (Lipinski definition) is 3. The maximum Gasteiger partial charge on any atom is 0.133 e. The van der Waals surface area contributed by atoms with Crippen LogP contribution in [-0.4, -0.2) is 24.1 Å². The van der Waals surface area contributed by atoms with E-state index in [2.05, 4.69) is 21.4 Å². The van der Waals surface area contributed by atoms with Gasteiger partial charge in [0.25, 0.3) is 0 Å². The molecule has 0 bridgehead atoms. The number of nitrogens with one attached hydrogen (secondary N) is 2. The number of aromatic nitrogens is 2. The van der Waals surface area contributed by atoms with Gasteiger partial charge in [0, 0.05) is 7.11 Å². The van der Waals surface area contributed by atoms with E-state index in [1.807, 2.05) is 26.1 Å². The number of fused-ring (bicyclic) bond motifs is 1. The van der Waals surface area contributed by atoms with Crippen LogP contribution < -0.4 is 5.32 Å². The zero-order valence-corrected chi connectivity index (χ0v) is 9.16. The van der Waals surface area contributed by atoms with E-state index in [-0.39, 0.29) is 6.23 Å². The molecule has 80 valence electrons. The van der Waals surface area contributed by atoms with Crippen molar-refractivity contribution in [3.63, 3.8) is 0 Å². The van der Waals surface area contributed by atoms with Crippen LogP contribution >= 0.6 is 0 Å². The molecule has 0 fully saturated rings. The van der Waals surface area contributed by atoms with Gasteiger partial charge in [0.1, 0.15) is 12.1 Å². The van der Waals surface area contributed by atoms with E-state index < -0.39 is 0 Å². The van der Waals surface area contributed by atoms with Crippen LogP contribution in [-0.2, 0) is 4.74 Å². The number of H-pyrrole nitrogens is 1. The minimum absolute atomic E-state index is 0.0713. The molecule has 2 rings (SSSR count). The summed E-state index contributed by atoms with van der Waals surface area (Å²) in [6.07, 6.45) is -0.0713. The van der Waals surface area contributed by atoms with Gasteiger partial charge in [-0.2, -0.15) is 0 Å². The average molecular weight is 205 g/mol. The molecule has 1 unspecified atom stereocenters. The Kier molecular flexibility index (Phi) is 2.70. The van der Waals surface area contributed by atoms with Gasteiger partial charge >= 0.3 is 0 Å². The average Bonchev–Trinajstić information content (AvgIpc) is 2.59. The molecule has 0 aliphatic carbocycles. The standard InChI is InChI=1S/C11H15N3O/c1-7-13-9-5-4-8(6-10(9)14-7)11(12-2)15-3/h4-6,11-12H,1-3H3,(H,13,14). The molecule has 0 saturated heterocycles. The summed E-state index contributed by atoms with van der Waals surface area (Å²) in [5.74, 6) is 0.931. The van der Waals surface area contributed by atoms with Crippen molar-refractivity contribution in [3.05, 3.63) is 29.6 Å². The lowest BCUT2D eigenvalue weighted by Crippen LogP contribution is -2.17. The number of aryl methyl sites for hydroxylation is 1. The minimum atomic E-state index is -0.0713. The molecule has 0 saturated carbocycles. The second-order valence-electron chi connectivity index (χ2n) is 3.50. The maximum absolute atomic E-state index is 5.30. The minimum Gasteiger partial charge on any atom is -0.362 e. The Morgan fingerprint density at radius 2 is 2.27 bits per heavy atom. The van der Waals surface area contributed by atoms with Crippen molar-refractivity contribution in [1.29, 1.82) is 0 Å². The lowest BCUT2D eigenvalue weighted by molar-refractivity contribution is 0.0810. The summed E-state index contributed by atoms with van der Waals surface area (Å²) in [5.41, 5.74) is 3.13. The van der Waals surface area contributed by atoms with Crippen LogP contribution in [0, 0.1) is 6.92 Å². The second kappa shape index (κ2) is 4.00. The molecule has 15 heavy (non-hydrogen) atoms. The third kappa shape index (κ3) is 1.86. The summed E-state index contributed by atoms with van der Waals surface area (Å²) in [5, 5.41) is 3.08. The molecular weight excluding hydrogens is 190 g/mol. The molecular formula is C11H15N3O. The Hall–Kier alpha value is -1.39. The zero-order chi connectivity index (χ0) is 10.8. The fourth-order valence-corrected chi connectivity index (χ4v) is 1.74. The first-order chi connectivity index (χ1) is 7.24. The summed E-state index contributed by atoms with van der Waals surface area (Å²) in [6.45, 7) is 1.95. The molecule has 1 aromatic heterocycles. The summed E-state index contributed by atoms with van der Waals surface area (Å²) in [4.78, 5) is 7.56. The van der Waals surface area contributed by atoms with Gasteiger partial charge in [-0.05, 0) is 31.7 Å². The van der Waals surface area contributed by atoms with Crippen LogP contribution in [0.25, 0.3) is 11.0 Å². The molecule has 2 N–H and O–H groups in total. The van der Waals surface area contributed by atoms with Gasteiger partial charge in [-0.15, -0.1) is 0 Å². The van der Waals surface area contributed by atoms with Gasteiger partial charge in [0.15, 0.2) is 0 Å². The van der Waals surface area contributed by atoms with E-state index in [1.54, 1.807) is 7.11 Å². The number of aromatic amines is 1. The molecule has 4 nitrogen and oxygen atoms in total. The van der Waals surface area contributed by atoms with Crippen LogP contribution in [0.1, 0.15) is 17.6 Å². The van der Waals surface area contributed by atoms with E-state index in [1.165, 1.54) is 0 Å². The maximum atomic E-state index is 5.30. The quantitative estimate of drug-likeness (QED) is 0.750. The summed E-state index contributed by atoms with van der Waals surface area (Å²) < 4.78 is 5.30. The Morgan fingerprint density at radius 3 is 2.93 bits per heavy atom. The first-order valence-corrected chi connectivity index (χ1v) is 4.91. The van der Waals surface area contributed by atoms with Gasteiger partial charge in [-0.3, -0.25) is 5.32 Å². The first-order valence-electron chi connectivity index (χ1n) is 4.91. The molecule has 1 aromatic carbocycles. The van der Waals surface area contributed by atoms with Crippen molar-refractivity contribution in [2.75, 3.05) is 14.2 Å². The Bertz CT molecular complexity index is 460. The van der Waals surface area contributed by atoms with Crippen molar-refractivity contribution >= 4 is 11.0 Å². The number of methoxy groups -OCH3 is 1. The Labute approximate surface area is 88.7 Å². The van der Waals surface area contributed by atoms with Gasteiger partial charge < -0.3 is 9.72 Å². The van der Waals surface area contributed by atoms with Gasteiger partial charge in [0.2, 0.25) is 0 Å². The largest absolute Gasteiger partial charge is 0.362 e. The smallest absolute Gasteiger partial charge is 0.133 e. The Morgan fingerprint density at radius 1 is 1.47 bits per heavy atom. The molecule has 0 aliphatic heterocycles. The lowest BCUT2D eigenvalue weighted by atomic mass is 10.2. The van der Waals surface area contributed by atoms with Gasteiger partial charge in [-0.25, -0.2) is 4.98 Å². The number of hydrogen-bond donors (Lipinski definition) is 2. The fourth-order valence-electron chi connectivity index (χ4n) is 1.74. The highest BCUT2D eigenvalue weighted by Gasteiger charge is 2.08. The van der Waals surface area contributed by atoms with Crippen LogP contribution in [0.2, 0.25) is 0 Å². The molecule has 1 heterocycles. The van der Waals surface area contributed by atoms with Gasteiger partial charge in [0.05, 0.1) is 11.0 Å². The SMILES string of the molecule is CNC(OC)c1ccc2nc(C)[nH]c2c1. The monoisotopic (exact) mass is 205 g/mol. The first kappa shape index (κ1) is 10.1. The highest BCUT2D eigenvalue weighted by Crippen LogP contribution is 2.19. The lowest BCUT2D eigenvalue weighted by Gasteiger charge is -2.14. The molecule has 2 aromatic rings. The molecule has 0 spiro atoms. The van der Waals surface area contributed by atoms with Crippen LogP contribution in [0.5, 0.6) is 0 Å². The number of ether oxygens (including phenoxy) is 1. The number of imidazole rings is 1. The van der Waals surface area contributed by atoms with Crippen molar-refractivity contribution in [2.24, 2.45) is 0 Å². The number of benzene rings is 1. The summed E-state index contributed by atoms with van der Waals surface area (Å²) >= 11 is 0. The Balaban J connectivity index is 2.45. The van der Waals surface area contributed by atoms with Crippen LogP contribution in [0.4, 0.5) is 0 Å². The topological polar surface area (TPSA) is 49.9 Å². The molecule has 1 atom stereocenters. The summed E-state index contributed by atoms with van der Waals surface area (Å²) in [6, 6.07) is 6.07. The zero-order valence-electron chi connectivity index (χ0n) is 9.16. The summed E-state index contributed by atoms with van der Waals surface area (Å²) in [7, 11) is 3.56. The molecule has 0 amide bonds. The molecule has 4 heteroatoms. The van der Waals surface area contributed by atoms with E-state index in [9.17, 15) is 0 Å². The number of rotatable bonds is 3. The molecule has 0 aliphatic rings. The molecule has 0 radical (unpaired) electrons. The second-order valence-corrected chi connectivity index (χ2v) is 3.50. The predicted octanol–water partition coefficient (Wildman–Crippen LogP) is 1.74. The highest BCUT2D eigenvalue weighted by molar-refractivity contribution is 5.75. The van der Waals surface area contributed by atoms with E-state index in [0.29, 0.717) is 0 Å². The fraction of sp³-hybridized carbons (Fsp3) is 0.364. The van der Waals surface area contributed by atoms with Gasteiger partial charge in [-0.1, -0.05) is 6.07 Å². The van der Waals surface area contributed by atoms with Crippen LogP contribution in [0.15, 0.2) is 18.2 Å². The normalized spacial score (nSPS) is 13.3. The van der Waals surface area contributed by atoms with E-state index >= 15 is 0 Å². The van der Waals surface area contributed by atoms with Crippen LogP contribution in [0.3, 0.4) is 0 Å². The third-order valence-corrected chi connectivity index (χ3v) is 2.42. The van der Waals surface area contributed by atoms with E-state index in [4.69, 9.17) is 4.74 Å². The highest BCUT2D eigenvalue weighted by atomic mass is 16.5. The van der Waals surface area contributed by atoms with Crippen molar-refractivity contribution < 1.29 is 4.74 Å². The van der Waals surface area contributed by atoms with Crippen molar-refractivity contribution in [1.82, 2.24) is 15.3 Å². The van der Waals surface area contributed by atoms with Crippen molar-refractivity contribution in [2.45, 2.75) is 13.2 Å². The number of nitrogens with zero attached hydrogens (tertiary/aromatic N) is 1. The van der Waals surface area contributed by atoms with E-state index in [0.717, 1.165) is 22.4 Å². The van der Waals surface area contributed by atoms with Crippen molar-refractivity contribution in [3.8, 4) is 0 Å². The third-order valence-electron chi connectivity index (χ3n) is 2.42. The predicted molar refractivity (Wildman–Crippen MR) is 59.6 cm³/mol.